The number of hydrogen-bond acceptors (Lipinski definition) is 6. The van der Waals surface area contributed by atoms with Crippen LogP contribution in [-0.4, -0.2) is 42.6 Å². The lowest BCUT2D eigenvalue weighted by atomic mass is 9.99. The number of anilines is 1. The number of carbonyl (C=O) groups is 1. The van der Waals surface area contributed by atoms with E-state index in [4.69, 9.17) is 31.2 Å². The average molecular weight is 460 g/mol. The van der Waals surface area contributed by atoms with Crippen LogP contribution in [0.15, 0.2) is 35.1 Å². The topological polar surface area (TPSA) is 90.8 Å². The number of hydrogen-bond donors (Lipinski definition) is 1. The molecule has 2 aromatic heterocycles. The van der Waals surface area contributed by atoms with Crippen LogP contribution < -0.4 is 15.2 Å². The van der Waals surface area contributed by atoms with E-state index in [2.05, 4.69) is 4.98 Å². The van der Waals surface area contributed by atoms with E-state index in [0.29, 0.717) is 48.6 Å². The molecule has 1 amide bonds. The van der Waals surface area contributed by atoms with Crippen molar-refractivity contribution in [2.45, 2.75) is 19.8 Å². The number of methoxy groups -OCH3 is 1. The molecular formula is C23H23ClFN3O4. The lowest BCUT2D eigenvalue weighted by molar-refractivity contribution is -0.128. The molecule has 0 saturated carbocycles. The minimum Gasteiger partial charge on any atom is -0.496 e. The summed E-state index contributed by atoms with van der Waals surface area (Å²) in [6.07, 6.45) is 6.34. The number of rotatable bonds is 6. The third kappa shape index (κ3) is 4.10. The molecule has 0 spiro atoms. The van der Waals surface area contributed by atoms with Gasteiger partial charge in [-0.05, 0) is 24.1 Å². The average Bonchev–Trinajstić information content (AvgIpc) is 3.22. The minimum atomic E-state index is -0.523. The zero-order valence-corrected chi connectivity index (χ0v) is 18.5. The summed E-state index contributed by atoms with van der Waals surface area (Å²) >= 11 is 6.11. The third-order valence-electron chi connectivity index (χ3n) is 5.57. The van der Waals surface area contributed by atoms with Gasteiger partial charge in [0.2, 0.25) is 11.7 Å². The first-order valence-electron chi connectivity index (χ1n) is 10.1. The molecule has 1 aliphatic rings. The molecule has 4 rings (SSSR count). The van der Waals surface area contributed by atoms with E-state index in [1.807, 2.05) is 6.08 Å². The van der Waals surface area contributed by atoms with Gasteiger partial charge in [0.05, 0.1) is 30.4 Å². The number of halogens is 2. The maximum Gasteiger partial charge on any atom is 0.219 e. The lowest BCUT2D eigenvalue weighted by Crippen LogP contribution is -2.32. The van der Waals surface area contributed by atoms with Crippen molar-refractivity contribution in [2.24, 2.45) is 0 Å². The summed E-state index contributed by atoms with van der Waals surface area (Å²) in [7, 11) is 1.50. The van der Waals surface area contributed by atoms with Crippen LogP contribution in [0.2, 0.25) is 5.02 Å². The van der Waals surface area contributed by atoms with Gasteiger partial charge >= 0.3 is 0 Å². The first-order valence-corrected chi connectivity index (χ1v) is 10.5. The molecule has 168 valence electrons. The fourth-order valence-corrected chi connectivity index (χ4v) is 4.07. The quantitative estimate of drug-likeness (QED) is 0.585. The molecule has 0 saturated heterocycles. The largest absolute Gasteiger partial charge is 0.496 e. The highest BCUT2D eigenvalue weighted by Gasteiger charge is 2.21. The van der Waals surface area contributed by atoms with Crippen LogP contribution in [0.1, 0.15) is 24.5 Å². The van der Waals surface area contributed by atoms with E-state index in [1.165, 1.54) is 19.2 Å². The van der Waals surface area contributed by atoms with Crippen molar-refractivity contribution >= 4 is 39.9 Å². The SMILES string of the molecule is COc1ccc(F)c(Cl)c1CCOc1c(N)ncc2c(C3=CCN(C(C)=O)CC3)coc12. The molecule has 1 aliphatic heterocycles. The fraction of sp³-hybridized carbons (Fsp3) is 0.304. The second kappa shape index (κ2) is 9.08. The van der Waals surface area contributed by atoms with Gasteiger partial charge < -0.3 is 24.5 Å². The summed E-state index contributed by atoms with van der Waals surface area (Å²) in [6, 6.07) is 2.78. The molecular weight excluding hydrogens is 437 g/mol. The summed E-state index contributed by atoms with van der Waals surface area (Å²) in [5.74, 6) is 0.523. The molecule has 0 fully saturated rings. The smallest absolute Gasteiger partial charge is 0.219 e. The number of fused-ring (bicyclic) bond motifs is 1. The molecule has 3 heterocycles. The van der Waals surface area contributed by atoms with Crippen LogP contribution in [0.25, 0.3) is 16.5 Å². The van der Waals surface area contributed by atoms with Crippen LogP contribution in [0.3, 0.4) is 0 Å². The number of nitrogens with two attached hydrogens (primary N) is 1. The molecule has 0 aliphatic carbocycles. The maximum atomic E-state index is 13.9. The zero-order chi connectivity index (χ0) is 22.8. The molecule has 0 radical (unpaired) electrons. The fourth-order valence-electron chi connectivity index (χ4n) is 3.82. The van der Waals surface area contributed by atoms with Gasteiger partial charge in [-0.25, -0.2) is 9.37 Å². The Balaban J connectivity index is 1.57. The Morgan fingerprint density at radius 3 is 2.91 bits per heavy atom. The number of benzene rings is 1. The van der Waals surface area contributed by atoms with Gasteiger partial charge in [-0.15, -0.1) is 0 Å². The van der Waals surface area contributed by atoms with E-state index >= 15 is 0 Å². The van der Waals surface area contributed by atoms with E-state index < -0.39 is 5.82 Å². The van der Waals surface area contributed by atoms with Gasteiger partial charge in [0.15, 0.2) is 11.4 Å². The highest BCUT2D eigenvalue weighted by Crippen LogP contribution is 2.38. The Labute approximate surface area is 189 Å². The molecule has 2 N–H and O–H groups in total. The summed E-state index contributed by atoms with van der Waals surface area (Å²) in [5, 5.41) is 0.777. The van der Waals surface area contributed by atoms with E-state index in [-0.39, 0.29) is 23.4 Å². The van der Waals surface area contributed by atoms with Gasteiger partial charge in [0.1, 0.15) is 11.6 Å². The number of aromatic nitrogens is 1. The third-order valence-corrected chi connectivity index (χ3v) is 5.98. The Bertz CT molecular complexity index is 1210. The van der Waals surface area contributed by atoms with Crippen molar-refractivity contribution in [1.29, 1.82) is 0 Å². The van der Waals surface area contributed by atoms with E-state index in [9.17, 15) is 9.18 Å². The highest BCUT2D eigenvalue weighted by molar-refractivity contribution is 6.31. The van der Waals surface area contributed by atoms with Crippen LogP contribution in [0.5, 0.6) is 11.5 Å². The van der Waals surface area contributed by atoms with Gasteiger partial charge in [-0.3, -0.25) is 4.79 Å². The second-order valence-corrected chi connectivity index (χ2v) is 7.83. The zero-order valence-electron chi connectivity index (χ0n) is 17.8. The van der Waals surface area contributed by atoms with Crippen molar-refractivity contribution in [3.63, 3.8) is 0 Å². The Kier molecular flexibility index (Phi) is 6.23. The predicted molar refractivity (Wildman–Crippen MR) is 120 cm³/mol. The van der Waals surface area contributed by atoms with Crippen LogP contribution in [0.4, 0.5) is 10.2 Å². The molecule has 0 atom stereocenters. The van der Waals surface area contributed by atoms with E-state index in [0.717, 1.165) is 16.5 Å². The van der Waals surface area contributed by atoms with Crippen molar-refractivity contribution in [3.8, 4) is 11.5 Å². The summed E-state index contributed by atoms with van der Waals surface area (Å²) in [4.78, 5) is 17.6. The highest BCUT2D eigenvalue weighted by atomic mass is 35.5. The number of furan rings is 1. The van der Waals surface area contributed by atoms with E-state index in [1.54, 1.807) is 24.3 Å². The molecule has 7 nitrogen and oxygen atoms in total. The normalized spacial score (nSPS) is 13.9. The number of ether oxygens (including phenoxy) is 2. The van der Waals surface area contributed by atoms with Gasteiger partial charge in [-0.2, -0.15) is 0 Å². The maximum absolute atomic E-state index is 13.9. The Hall–Kier alpha value is -3.26. The summed E-state index contributed by atoms with van der Waals surface area (Å²) in [5.41, 5.74) is 9.02. The van der Waals surface area contributed by atoms with Crippen LogP contribution >= 0.6 is 11.6 Å². The molecule has 9 heteroatoms. The van der Waals surface area contributed by atoms with Gasteiger partial charge in [0, 0.05) is 43.8 Å². The van der Waals surface area contributed by atoms with Crippen molar-refractivity contribution < 1.29 is 23.1 Å². The Morgan fingerprint density at radius 1 is 1.41 bits per heavy atom. The van der Waals surface area contributed by atoms with Crippen molar-refractivity contribution in [2.75, 3.05) is 32.5 Å². The predicted octanol–water partition coefficient (Wildman–Crippen LogP) is 4.47. The number of amides is 1. The molecule has 0 unspecified atom stereocenters. The standard InChI is InChI=1S/C23H23ClFN3O4/c1-13(29)28-8-5-14(6-9-28)17-12-32-21-16(17)11-27-23(26)22(21)31-10-7-15-19(30-2)4-3-18(25)20(15)24/h3-5,11-12H,6-10H2,1-2H3,(H2,26,27). The van der Waals surface area contributed by atoms with Crippen molar-refractivity contribution in [3.05, 3.63) is 52.6 Å². The first kappa shape index (κ1) is 22.0. The van der Waals surface area contributed by atoms with Crippen molar-refractivity contribution in [1.82, 2.24) is 9.88 Å². The van der Waals surface area contributed by atoms with Crippen LogP contribution in [0, 0.1) is 5.82 Å². The lowest BCUT2D eigenvalue weighted by Gasteiger charge is -2.25. The Morgan fingerprint density at radius 2 is 2.22 bits per heavy atom. The van der Waals surface area contributed by atoms with Crippen LogP contribution in [-0.2, 0) is 11.2 Å². The minimum absolute atomic E-state index is 0.00128. The monoisotopic (exact) mass is 459 g/mol. The second-order valence-electron chi connectivity index (χ2n) is 7.45. The first-order chi connectivity index (χ1) is 15.4. The summed E-state index contributed by atoms with van der Waals surface area (Å²) < 4.78 is 30.9. The van der Waals surface area contributed by atoms with Gasteiger partial charge in [0.25, 0.3) is 0 Å². The number of nitrogens with zero attached hydrogens (tertiary/aromatic N) is 2. The number of carbonyl (C=O) groups excluding carboxylic acids is 1. The number of nitrogen functional groups attached to an aromatic ring is 1. The summed E-state index contributed by atoms with van der Waals surface area (Å²) in [6.45, 7) is 2.93. The number of pyridine rings is 1. The molecule has 3 aromatic rings. The molecule has 1 aromatic carbocycles. The van der Waals surface area contributed by atoms with Gasteiger partial charge in [-0.1, -0.05) is 17.7 Å². The molecule has 32 heavy (non-hydrogen) atoms. The molecule has 0 bridgehead atoms.